The molecule has 0 saturated heterocycles. The third-order valence-corrected chi connectivity index (χ3v) is 4.86. The van der Waals surface area contributed by atoms with E-state index in [4.69, 9.17) is 0 Å². The fourth-order valence-electron chi connectivity index (χ4n) is 1.72. The molecule has 1 N–H and O–H groups in total. The Labute approximate surface area is 112 Å². The van der Waals surface area contributed by atoms with E-state index in [-0.39, 0.29) is 5.82 Å². The van der Waals surface area contributed by atoms with Gasteiger partial charge in [-0.3, -0.25) is 0 Å². The van der Waals surface area contributed by atoms with Crippen molar-refractivity contribution in [2.45, 2.75) is 20.0 Å². The summed E-state index contributed by atoms with van der Waals surface area (Å²) >= 11 is 4.97. The highest BCUT2D eigenvalue weighted by Crippen LogP contribution is 2.34. The second-order valence-electron chi connectivity index (χ2n) is 3.96. The summed E-state index contributed by atoms with van der Waals surface area (Å²) in [7, 11) is 0. The lowest BCUT2D eigenvalue weighted by Crippen LogP contribution is -2.00. The molecule has 0 bridgehead atoms. The van der Waals surface area contributed by atoms with Gasteiger partial charge in [-0.05, 0) is 59.1 Å². The van der Waals surface area contributed by atoms with Crippen LogP contribution in [0.5, 0.6) is 0 Å². The molecular formula is C13H12BrFOS. The van der Waals surface area contributed by atoms with Gasteiger partial charge < -0.3 is 5.11 Å². The van der Waals surface area contributed by atoms with Crippen molar-refractivity contribution in [3.8, 4) is 0 Å². The normalized spacial score (nSPS) is 12.8. The predicted octanol–water partition coefficient (Wildman–Crippen LogP) is 4.35. The number of halogens is 2. The molecule has 17 heavy (non-hydrogen) atoms. The van der Waals surface area contributed by atoms with Crippen LogP contribution in [0.2, 0.25) is 0 Å². The van der Waals surface area contributed by atoms with Gasteiger partial charge in [0.05, 0.1) is 0 Å². The summed E-state index contributed by atoms with van der Waals surface area (Å²) in [5.74, 6) is -0.276. The Morgan fingerprint density at radius 1 is 1.29 bits per heavy atom. The predicted molar refractivity (Wildman–Crippen MR) is 72.0 cm³/mol. The van der Waals surface area contributed by atoms with Crippen molar-refractivity contribution in [3.05, 3.63) is 55.4 Å². The zero-order valence-corrected chi connectivity index (χ0v) is 11.9. The van der Waals surface area contributed by atoms with E-state index in [1.165, 1.54) is 23.5 Å². The molecule has 2 aromatic rings. The lowest BCUT2D eigenvalue weighted by atomic mass is 10.0. The summed E-state index contributed by atoms with van der Waals surface area (Å²) in [5.41, 5.74) is 1.51. The molecule has 1 atom stereocenters. The first-order chi connectivity index (χ1) is 7.99. The van der Waals surface area contributed by atoms with Crippen LogP contribution in [0.4, 0.5) is 4.39 Å². The van der Waals surface area contributed by atoms with Crippen molar-refractivity contribution in [3.63, 3.8) is 0 Å². The number of aliphatic hydroxyl groups is 1. The van der Waals surface area contributed by atoms with Gasteiger partial charge in [0.2, 0.25) is 0 Å². The summed E-state index contributed by atoms with van der Waals surface area (Å²) < 4.78 is 14.0. The lowest BCUT2D eigenvalue weighted by molar-refractivity contribution is 0.223. The van der Waals surface area contributed by atoms with Crippen molar-refractivity contribution in [2.24, 2.45) is 0 Å². The van der Waals surface area contributed by atoms with Crippen LogP contribution in [0.25, 0.3) is 0 Å². The molecule has 0 aliphatic rings. The van der Waals surface area contributed by atoms with Crippen LogP contribution >= 0.6 is 27.3 Å². The van der Waals surface area contributed by atoms with E-state index in [1.807, 2.05) is 13.0 Å². The molecule has 1 heterocycles. The maximum Gasteiger partial charge on any atom is 0.123 e. The maximum absolute atomic E-state index is 13.0. The smallest absolute Gasteiger partial charge is 0.123 e. The highest BCUT2D eigenvalue weighted by Gasteiger charge is 2.16. The Bertz CT molecular complexity index is 531. The molecule has 90 valence electrons. The summed E-state index contributed by atoms with van der Waals surface area (Å²) in [6.07, 6.45) is -0.689. The second-order valence-corrected chi connectivity index (χ2v) is 6.10. The molecule has 0 radical (unpaired) electrons. The summed E-state index contributed by atoms with van der Waals surface area (Å²) in [6, 6.07) is 6.36. The highest BCUT2D eigenvalue weighted by molar-refractivity contribution is 9.10. The molecule has 0 fully saturated rings. The Morgan fingerprint density at radius 2 is 2.00 bits per heavy atom. The van der Waals surface area contributed by atoms with Crippen molar-refractivity contribution >= 4 is 27.3 Å². The number of hydrogen-bond donors (Lipinski definition) is 1. The van der Waals surface area contributed by atoms with Gasteiger partial charge in [0.15, 0.2) is 0 Å². The summed E-state index contributed by atoms with van der Waals surface area (Å²) in [6.45, 7) is 3.79. The van der Waals surface area contributed by atoms with Crippen LogP contribution in [-0.4, -0.2) is 5.11 Å². The average Bonchev–Trinajstić information content (AvgIpc) is 2.58. The van der Waals surface area contributed by atoms with Crippen LogP contribution in [-0.2, 0) is 0 Å². The standard InChI is InChI=1S/C13H12BrFOS/c1-7-5-9(15)3-4-10(7)13(16)12-6-11(14)8(2)17-12/h3-6,13,16H,1-2H3. The topological polar surface area (TPSA) is 20.2 Å². The molecular weight excluding hydrogens is 303 g/mol. The molecule has 1 aromatic heterocycles. The minimum atomic E-state index is -0.689. The fraction of sp³-hybridized carbons (Fsp3) is 0.231. The number of aliphatic hydroxyl groups excluding tert-OH is 1. The number of thiophene rings is 1. The zero-order valence-electron chi connectivity index (χ0n) is 9.50. The SMILES string of the molecule is Cc1cc(F)ccc1C(O)c1cc(Br)c(C)s1. The Balaban J connectivity index is 2.39. The van der Waals surface area contributed by atoms with Gasteiger partial charge in [0.25, 0.3) is 0 Å². The quantitative estimate of drug-likeness (QED) is 0.873. The van der Waals surface area contributed by atoms with Gasteiger partial charge in [-0.25, -0.2) is 4.39 Å². The van der Waals surface area contributed by atoms with Crippen molar-refractivity contribution < 1.29 is 9.50 Å². The van der Waals surface area contributed by atoms with Crippen LogP contribution in [0.15, 0.2) is 28.7 Å². The van der Waals surface area contributed by atoms with Crippen molar-refractivity contribution in [1.82, 2.24) is 0 Å². The van der Waals surface area contributed by atoms with E-state index < -0.39 is 6.10 Å². The number of rotatable bonds is 2. The molecule has 1 aromatic carbocycles. The molecule has 4 heteroatoms. The van der Waals surface area contributed by atoms with E-state index >= 15 is 0 Å². The van der Waals surface area contributed by atoms with E-state index in [2.05, 4.69) is 15.9 Å². The molecule has 0 aliphatic heterocycles. The zero-order chi connectivity index (χ0) is 12.6. The van der Waals surface area contributed by atoms with E-state index in [1.54, 1.807) is 13.0 Å². The molecule has 0 aliphatic carbocycles. The van der Waals surface area contributed by atoms with E-state index in [0.717, 1.165) is 25.4 Å². The average molecular weight is 315 g/mol. The van der Waals surface area contributed by atoms with Gasteiger partial charge in [-0.15, -0.1) is 11.3 Å². The maximum atomic E-state index is 13.0. The number of hydrogen-bond acceptors (Lipinski definition) is 2. The first-order valence-corrected chi connectivity index (χ1v) is 6.80. The minimum Gasteiger partial charge on any atom is -0.383 e. The highest BCUT2D eigenvalue weighted by atomic mass is 79.9. The molecule has 0 saturated carbocycles. The first kappa shape index (κ1) is 12.7. The van der Waals surface area contributed by atoms with Crippen LogP contribution in [0.3, 0.4) is 0 Å². The third-order valence-electron chi connectivity index (χ3n) is 2.67. The van der Waals surface area contributed by atoms with Gasteiger partial charge in [0, 0.05) is 14.2 Å². The minimum absolute atomic E-state index is 0.276. The largest absolute Gasteiger partial charge is 0.383 e. The van der Waals surface area contributed by atoms with Gasteiger partial charge >= 0.3 is 0 Å². The molecule has 2 rings (SSSR count). The van der Waals surface area contributed by atoms with E-state index in [9.17, 15) is 9.50 Å². The monoisotopic (exact) mass is 314 g/mol. The van der Waals surface area contributed by atoms with Gasteiger partial charge in [0.1, 0.15) is 11.9 Å². The number of benzene rings is 1. The van der Waals surface area contributed by atoms with Gasteiger partial charge in [-0.2, -0.15) is 0 Å². The number of aryl methyl sites for hydroxylation is 2. The van der Waals surface area contributed by atoms with Crippen molar-refractivity contribution in [2.75, 3.05) is 0 Å². The molecule has 1 nitrogen and oxygen atoms in total. The second kappa shape index (κ2) is 4.88. The van der Waals surface area contributed by atoms with Crippen molar-refractivity contribution in [1.29, 1.82) is 0 Å². The fourth-order valence-corrected chi connectivity index (χ4v) is 3.28. The lowest BCUT2D eigenvalue weighted by Gasteiger charge is -2.11. The Hall–Kier alpha value is -0.710. The van der Waals surface area contributed by atoms with Crippen LogP contribution in [0, 0.1) is 19.7 Å². The van der Waals surface area contributed by atoms with Gasteiger partial charge in [-0.1, -0.05) is 6.07 Å². The molecule has 0 spiro atoms. The molecule has 0 amide bonds. The van der Waals surface area contributed by atoms with E-state index in [0.29, 0.717) is 0 Å². The molecule has 1 unspecified atom stereocenters. The Morgan fingerprint density at radius 3 is 2.53 bits per heavy atom. The van der Waals surface area contributed by atoms with Crippen LogP contribution in [0.1, 0.15) is 27.0 Å². The summed E-state index contributed by atoms with van der Waals surface area (Å²) in [5, 5.41) is 10.3. The summed E-state index contributed by atoms with van der Waals surface area (Å²) in [4.78, 5) is 1.99. The first-order valence-electron chi connectivity index (χ1n) is 5.19. The van der Waals surface area contributed by atoms with Crippen LogP contribution < -0.4 is 0 Å². The third kappa shape index (κ3) is 2.59. The Kier molecular flexibility index (Phi) is 3.66.